The van der Waals surface area contributed by atoms with Gasteiger partial charge >= 0.3 is 0 Å². The first-order valence-electron chi connectivity index (χ1n) is 6.21. The number of nitrogens with one attached hydrogen (secondary N) is 2. The van der Waals surface area contributed by atoms with Crippen LogP contribution in [0.1, 0.15) is 23.0 Å². The van der Waals surface area contributed by atoms with Gasteiger partial charge in [0.15, 0.2) is 5.76 Å². The van der Waals surface area contributed by atoms with E-state index in [2.05, 4.69) is 10.6 Å². The number of rotatable bonds is 5. The van der Waals surface area contributed by atoms with Crippen LogP contribution in [0.2, 0.25) is 0 Å². The minimum absolute atomic E-state index is 0.151. The molecule has 1 heterocycles. The minimum Gasteiger partial charge on any atom is -0.451 e. The van der Waals surface area contributed by atoms with Crippen molar-refractivity contribution in [2.75, 3.05) is 19.6 Å². The molecule has 2 aromatic rings. The highest BCUT2D eigenvalue weighted by molar-refractivity contribution is 5.98. The number of benzene rings is 1. The smallest absolute Gasteiger partial charge is 0.287 e. The number of fused-ring (bicyclic) bond motifs is 1. The fourth-order valence-corrected chi connectivity index (χ4v) is 1.91. The van der Waals surface area contributed by atoms with E-state index >= 15 is 0 Å². The highest BCUT2D eigenvalue weighted by Crippen LogP contribution is 2.24. The van der Waals surface area contributed by atoms with E-state index in [4.69, 9.17) is 4.42 Å². The highest BCUT2D eigenvalue weighted by Gasteiger charge is 2.16. The monoisotopic (exact) mass is 246 g/mol. The molecule has 18 heavy (non-hydrogen) atoms. The third-order valence-electron chi connectivity index (χ3n) is 2.89. The van der Waals surface area contributed by atoms with Crippen molar-refractivity contribution < 1.29 is 9.21 Å². The lowest BCUT2D eigenvalue weighted by Crippen LogP contribution is -2.31. The summed E-state index contributed by atoms with van der Waals surface area (Å²) in [4.78, 5) is 12.0. The van der Waals surface area contributed by atoms with E-state index in [-0.39, 0.29) is 5.91 Å². The van der Waals surface area contributed by atoms with E-state index in [0.29, 0.717) is 12.3 Å². The number of furan rings is 1. The molecule has 1 amide bonds. The Balaban J connectivity index is 2.10. The molecule has 0 radical (unpaired) electrons. The highest BCUT2D eigenvalue weighted by atomic mass is 16.3. The van der Waals surface area contributed by atoms with Gasteiger partial charge in [-0.1, -0.05) is 25.1 Å². The van der Waals surface area contributed by atoms with Gasteiger partial charge in [0.2, 0.25) is 0 Å². The molecule has 0 atom stereocenters. The summed E-state index contributed by atoms with van der Waals surface area (Å²) in [6.07, 6.45) is 0. The summed E-state index contributed by atoms with van der Waals surface area (Å²) in [6, 6.07) is 7.68. The van der Waals surface area contributed by atoms with E-state index in [1.54, 1.807) is 0 Å². The molecule has 0 bridgehead atoms. The summed E-state index contributed by atoms with van der Waals surface area (Å²) in [5.41, 5.74) is 1.65. The zero-order valence-electron chi connectivity index (χ0n) is 10.7. The molecule has 0 saturated heterocycles. The minimum atomic E-state index is -0.151. The summed E-state index contributed by atoms with van der Waals surface area (Å²) in [5.74, 6) is 0.259. The molecule has 4 heteroatoms. The van der Waals surface area contributed by atoms with Crippen LogP contribution >= 0.6 is 0 Å². The molecule has 0 aliphatic carbocycles. The van der Waals surface area contributed by atoms with Gasteiger partial charge in [-0.3, -0.25) is 4.79 Å². The van der Waals surface area contributed by atoms with Gasteiger partial charge in [0.05, 0.1) is 0 Å². The molecule has 2 N–H and O–H groups in total. The van der Waals surface area contributed by atoms with E-state index < -0.39 is 0 Å². The van der Waals surface area contributed by atoms with E-state index in [1.807, 2.05) is 38.1 Å². The van der Waals surface area contributed by atoms with Gasteiger partial charge in [0, 0.05) is 24.0 Å². The van der Waals surface area contributed by atoms with Gasteiger partial charge in [-0.2, -0.15) is 0 Å². The Bertz CT molecular complexity index is 546. The number of carbonyl (C=O) groups is 1. The Morgan fingerprint density at radius 3 is 2.78 bits per heavy atom. The first kappa shape index (κ1) is 12.6. The maximum Gasteiger partial charge on any atom is 0.287 e. The summed E-state index contributed by atoms with van der Waals surface area (Å²) in [7, 11) is 0. The average Bonchev–Trinajstić information content (AvgIpc) is 2.73. The van der Waals surface area contributed by atoms with Crippen LogP contribution in [0.5, 0.6) is 0 Å². The summed E-state index contributed by atoms with van der Waals surface area (Å²) >= 11 is 0. The van der Waals surface area contributed by atoms with Gasteiger partial charge in [-0.05, 0) is 19.5 Å². The van der Waals surface area contributed by atoms with Gasteiger partial charge < -0.3 is 15.1 Å². The summed E-state index contributed by atoms with van der Waals surface area (Å²) < 4.78 is 5.59. The summed E-state index contributed by atoms with van der Waals surface area (Å²) in [6.45, 7) is 6.21. The molecule has 0 aliphatic rings. The molecule has 1 aromatic heterocycles. The van der Waals surface area contributed by atoms with Crippen molar-refractivity contribution in [2.45, 2.75) is 13.8 Å². The lowest BCUT2D eigenvalue weighted by molar-refractivity contribution is 0.0927. The average molecular weight is 246 g/mol. The molecule has 96 valence electrons. The SMILES string of the molecule is CCNCCNC(=O)c1oc2ccccc2c1C. The zero-order valence-corrected chi connectivity index (χ0v) is 10.7. The van der Waals surface area contributed by atoms with Gasteiger partial charge in [0.1, 0.15) is 5.58 Å². The normalized spacial score (nSPS) is 10.8. The number of likely N-dealkylation sites (N-methyl/N-ethyl adjacent to an activating group) is 1. The number of amides is 1. The summed E-state index contributed by atoms with van der Waals surface area (Å²) in [5, 5.41) is 6.99. The molecule has 4 nitrogen and oxygen atoms in total. The predicted molar refractivity (Wildman–Crippen MR) is 71.8 cm³/mol. The maximum absolute atomic E-state index is 12.0. The van der Waals surface area contributed by atoms with Crippen molar-refractivity contribution in [2.24, 2.45) is 0 Å². The fourth-order valence-electron chi connectivity index (χ4n) is 1.91. The second-order valence-corrected chi connectivity index (χ2v) is 4.16. The Morgan fingerprint density at radius 2 is 2.06 bits per heavy atom. The van der Waals surface area contributed by atoms with Crippen molar-refractivity contribution in [1.82, 2.24) is 10.6 Å². The molecule has 0 spiro atoms. The van der Waals surface area contributed by atoms with Crippen LogP contribution in [0, 0.1) is 6.92 Å². The second kappa shape index (κ2) is 5.69. The van der Waals surface area contributed by atoms with Crippen LogP contribution < -0.4 is 10.6 Å². The molecular weight excluding hydrogens is 228 g/mol. The van der Waals surface area contributed by atoms with Crippen LogP contribution in [0.3, 0.4) is 0 Å². The molecule has 0 unspecified atom stereocenters. The van der Waals surface area contributed by atoms with Crippen molar-refractivity contribution >= 4 is 16.9 Å². The molecule has 0 fully saturated rings. The number of aryl methyl sites for hydroxylation is 1. The fraction of sp³-hybridized carbons (Fsp3) is 0.357. The quantitative estimate of drug-likeness (QED) is 0.794. The number of hydrogen-bond acceptors (Lipinski definition) is 3. The Morgan fingerprint density at radius 1 is 1.28 bits per heavy atom. The lowest BCUT2D eigenvalue weighted by atomic mass is 10.1. The molecule has 2 rings (SSSR count). The van der Waals surface area contributed by atoms with Gasteiger partial charge in [0.25, 0.3) is 5.91 Å². The van der Waals surface area contributed by atoms with E-state index in [0.717, 1.165) is 29.6 Å². The predicted octanol–water partition coefficient (Wildman–Crippen LogP) is 2.08. The first-order valence-corrected chi connectivity index (χ1v) is 6.21. The standard InChI is InChI=1S/C14H18N2O2/c1-3-15-8-9-16-14(17)13-10(2)11-6-4-5-7-12(11)18-13/h4-7,15H,3,8-9H2,1-2H3,(H,16,17). The lowest BCUT2D eigenvalue weighted by Gasteiger charge is -2.03. The topological polar surface area (TPSA) is 54.3 Å². The number of para-hydroxylation sites is 1. The van der Waals surface area contributed by atoms with Crippen molar-refractivity contribution in [3.8, 4) is 0 Å². The largest absolute Gasteiger partial charge is 0.451 e. The Labute approximate surface area is 106 Å². The first-order chi connectivity index (χ1) is 8.74. The third kappa shape index (κ3) is 2.54. The van der Waals surface area contributed by atoms with Crippen LogP contribution in [0.15, 0.2) is 28.7 Å². The number of hydrogen-bond donors (Lipinski definition) is 2. The van der Waals surface area contributed by atoms with Crippen molar-refractivity contribution in [3.05, 3.63) is 35.6 Å². The van der Waals surface area contributed by atoms with E-state index in [1.165, 1.54) is 0 Å². The van der Waals surface area contributed by atoms with Crippen LogP contribution in [-0.2, 0) is 0 Å². The van der Waals surface area contributed by atoms with E-state index in [9.17, 15) is 4.79 Å². The van der Waals surface area contributed by atoms with Gasteiger partial charge in [-0.25, -0.2) is 0 Å². The van der Waals surface area contributed by atoms with Crippen molar-refractivity contribution in [1.29, 1.82) is 0 Å². The van der Waals surface area contributed by atoms with Crippen LogP contribution in [0.25, 0.3) is 11.0 Å². The molecule has 0 aliphatic heterocycles. The second-order valence-electron chi connectivity index (χ2n) is 4.16. The zero-order chi connectivity index (χ0) is 13.0. The molecular formula is C14H18N2O2. The molecule has 1 aromatic carbocycles. The Hall–Kier alpha value is -1.81. The Kier molecular flexibility index (Phi) is 3.99. The van der Waals surface area contributed by atoms with Crippen molar-refractivity contribution in [3.63, 3.8) is 0 Å². The van der Waals surface area contributed by atoms with Gasteiger partial charge in [-0.15, -0.1) is 0 Å². The van der Waals surface area contributed by atoms with Crippen LogP contribution in [-0.4, -0.2) is 25.5 Å². The number of carbonyl (C=O) groups excluding carboxylic acids is 1. The maximum atomic E-state index is 12.0. The van der Waals surface area contributed by atoms with Crippen LogP contribution in [0.4, 0.5) is 0 Å². The third-order valence-corrected chi connectivity index (χ3v) is 2.89. The molecule has 0 saturated carbocycles.